The minimum Gasteiger partial charge on any atom is -0.460 e. The Morgan fingerprint density at radius 1 is 1.24 bits per heavy atom. The highest BCUT2D eigenvalue weighted by Crippen LogP contribution is 2.30. The SMILES string of the molecule is CCOC(=O)c1oc2c(c1C)/C(=N/NC(=O)c1ccccc1)CCC2. The maximum atomic E-state index is 12.2. The summed E-state index contributed by atoms with van der Waals surface area (Å²) < 4.78 is 10.7. The van der Waals surface area contributed by atoms with Crippen LogP contribution in [-0.4, -0.2) is 24.2 Å². The van der Waals surface area contributed by atoms with E-state index in [2.05, 4.69) is 10.5 Å². The number of nitrogens with one attached hydrogen (secondary N) is 1. The first-order chi connectivity index (χ1) is 12.1. The lowest BCUT2D eigenvalue weighted by atomic mass is 9.93. The number of hydrazone groups is 1. The second-order valence-electron chi connectivity index (χ2n) is 5.79. The Balaban J connectivity index is 1.86. The second kappa shape index (κ2) is 7.34. The quantitative estimate of drug-likeness (QED) is 0.684. The topological polar surface area (TPSA) is 80.9 Å². The van der Waals surface area contributed by atoms with Gasteiger partial charge in [0.15, 0.2) is 0 Å². The standard InChI is InChI=1S/C19H20N2O4/c1-3-24-19(23)17-12(2)16-14(10-7-11-15(16)25-17)20-21-18(22)13-8-5-4-6-9-13/h4-6,8-9H,3,7,10-11H2,1-2H3,(H,21,22)/b20-14+. The highest BCUT2D eigenvalue weighted by molar-refractivity contribution is 6.06. The monoisotopic (exact) mass is 340 g/mol. The van der Waals surface area contributed by atoms with Crippen LogP contribution in [0, 0.1) is 6.92 Å². The van der Waals surface area contributed by atoms with Crippen LogP contribution in [0.3, 0.4) is 0 Å². The molecule has 0 fully saturated rings. The van der Waals surface area contributed by atoms with Gasteiger partial charge in [0.2, 0.25) is 5.76 Å². The lowest BCUT2D eigenvalue weighted by molar-refractivity contribution is 0.0486. The number of hydrogen-bond acceptors (Lipinski definition) is 5. The molecule has 0 bridgehead atoms. The number of nitrogens with zero attached hydrogens (tertiary/aromatic N) is 1. The number of furan rings is 1. The van der Waals surface area contributed by atoms with Crippen molar-refractivity contribution in [3.8, 4) is 0 Å². The molecule has 6 heteroatoms. The summed E-state index contributed by atoms with van der Waals surface area (Å²) in [5.74, 6) is 0.199. The summed E-state index contributed by atoms with van der Waals surface area (Å²) >= 11 is 0. The zero-order chi connectivity index (χ0) is 17.8. The van der Waals surface area contributed by atoms with Crippen molar-refractivity contribution in [3.63, 3.8) is 0 Å². The van der Waals surface area contributed by atoms with Gasteiger partial charge in [0.05, 0.1) is 12.3 Å². The summed E-state index contributed by atoms with van der Waals surface area (Å²) in [7, 11) is 0. The third kappa shape index (κ3) is 3.47. The van der Waals surface area contributed by atoms with E-state index in [0.29, 0.717) is 17.5 Å². The van der Waals surface area contributed by atoms with Crippen molar-refractivity contribution in [2.45, 2.75) is 33.1 Å². The average molecular weight is 340 g/mol. The van der Waals surface area contributed by atoms with Gasteiger partial charge in [0, 0.05) is 23.1 Å². The third-order valence-corrected chi connectivity index (χ3v) is 4.11. The van der Waals surface area contributed by atoms with Gasteiger partial charge in [-0.1, -0.05) is 18.2 Å². The molecule has 6 nitrogen and oxygen atoms in total. The molecule has 1 heterocycles. The van der Waals surface area contributed by atoms with Crippen LogP contribution < -0.4 is 5.43 Å². The Morgan fingerprint density at radius 3 is 2.72 bits per heavy atom. The molecule has 1 aliphatic rings. The van der Waals surface area contributed by atoms with Crippen LogP contribution in [0.5, 0.6) is 0 Å². The van der Waals surface area contributed by atoms with Crippen LogP contribution in [0.2, 0.25) is 0 Å². The lowest BCUT2D eigenvalue weighted by Gasteiger charge is -2.13. The summed E-state index contributed by atoms with van der Waals surface area (Å²) in [5, 5.41) is 4.29. The summed E-state index contributed by atoms with van der Waals surface area (Å²) in [6.07, 6.45) is 2.30. The highest BCUT2D eigenvalue weighted by atomic mass is 16.5. The molecule has 1 N–H and O–H groups in total. The average Bonchev–Trinajstić information content (AvgIpc) is 2.98. The molecule has 1 aromatic carbocycles. The maximum Gasteiger partial charge on any atom is 0.374 e. The van der Waals surface area contributed by atoms with Gasteiger partial charge in [-0.05, 0) is 38.8 Å². The zero-order valence-corrected chi connectivity index (χ0v) is 14.3. The fraction of sp³-hybridized carbons (Fsp3) is 0.316. The van der Waals surface area contributed by atoms with Gasteiger partial charge >= 0.3 is 5.97 Å². The van der Waals surface area contributed by atoms with Gasteiger partial charge < -0.3 is 9.15 Å². The number of carbonyl (C=O) groups excluding carboxylic acids is 2. The summed E-state index contributed by atoms with van der Waals surface area (Å²) in [6.45, 7) is 3.86. The molecule has 1 aromatic heterocycles. The normalized spacial score (nSPS) is 14.9. The van der Waals surface area contributed by atoms with E-state index in [1.165, 1.54) is 0 Å². The molecular formula is C19H20N2O4. The molecule has 0 saturated carbocycles. The van der Waals surface area contributed by atoms with E-state index in [9.17, 15) is 9.59 Å². The predicted molar refractivity (Wildman–Crippen MR) is 92.8 cm³/mol. The number of carbonyl (C=O) groups is 2. The Hall–Kier alpha value is -2.89. The number of rotatable bonds is 4. The van der Waals surface area contributed by atoms with Crippen LogP contribution in [0.1, 0.15) is 57.6 Å². The van der Waals surface area contributed by atoms with Crippen LogP contribution >= 0.6 is 0 Å². The zero-order valence-electron chi connectivity index (χ0n) is 14.3. The van der Waals surface area contributed by atoms with E-state index in [4.69, 9.17) is 9.15 Å². The van der Waals surface area contributed by atoms with Crippen molar-refractivity contribution < 1.29 is 18.7 Å². The molecule has 0 spiro atoms. The second-order valence-corrected chi connectivity index (χ2v) is 5.79. The fourth-order valence-electron chi connectivity index (χ4n) is 2.94. The van der Waals surface area contributed by atoms with Crippen molar-refractivity contribution in [2.75, 3.05) is 6.61 Å². The first kappa shape index (κ1) is 17.0. The number of aryl methyl sites for hydroxylation is 1. The number of benzene rings is 1. The van der Waals surface area contributed by atoms with Gasteiger partial charge in [-0.3, -0.25) is 4.79 Å². The first-order valence-electron chi connectivity index (χ1n) is 8.33. The minimum atomic E-state index is -0.470. The molecule has 1 amide bonds. The Kier molecular flexibility index (Phi) is 4.97. The van der Waals surface area contributed by atoms with Crippen molar-refractivity contribution >= 4 is 17.6 Å². The molecule has 1 aliphatic carbocycles. The van der Waals surface area contributed by atoms with E-state index in [-0.39, 0.29) is 18.3 Å². The smallest absolute Gasteiger partial charge is 0.374 e. The Labute approximate surface area is 145 Å². The lowest BCUT2D eigenvalue weighted by Crippen LogP contribution is -2.22. The van der Waals surface area contributed by atoms with E-state index in [1.54, 1.807) is 31.2 Å². The van der Waals surface area contributed by atoms with Gasteiger partial charge in [0.1, 0.15) is 5.76 Å². The molecule has 0 atom stereocenters. The fourth-order valence-corrected chi connectivity index (χ4v) is 2.94. The first-order valence-corrected chi connectivity index (χ1v) is 8.33. The van der Waals surface area contributed by atoms with E-state index >= 15 is 0 Å². The van der Waals surface area contributed by atoms with Crippen molar-refractivity contribution in [3.05, 3.63) is 58.5 Å². The largest absolute Gasteiger partial charge is 0.460 e. The molecule has 0 unspecified atom stereocenters. The molecule has 2 aromatic rings. The molecule has 0 radical (unpaired) electrons. The van der Waals surface area contributed by atoms with Crippen molar-refractivity contribution in [2.24, 2.45) is 5.10 Å². The van der Waals surface area contributed by atoms with Gasteiger partial charge in [0.25, 0.3) is 5.91 Å². The number of amides is 1. The maximum absolute atomic E-state index is 12.2. The van der Waals surface area contributed by atoms with E-state index < -0.39 is 5.97 Å². The Morgan fingerprint density at radius 2 is 2.00 bits per heavy atom. The molecule has 0 saturated heterocycles. The van der Waals surface area contributed by atoms with Crippen LogP contribution in [0.4, 0.5) is 0 Å². The van der Waals surface area contributed by atoms with Crippen LogP contribution in [-0.2, 0) is 11.2 Å². The molecular weight excluding hydrogens is 320 g/mol. The summed E-state index contributed by atoms with van der Waals surface area (Å²) in [6, 6.07) is 8.90. The number of fused-ring (bicyclic) bond motifs is 1. The molecule has 130 valence electrons. The molecule has 25 heavy (non-hydrogen) atoms. The van der Waals surface area contributed by atoms with Gasteiger partial charge in [-0.25, -0.2) is 10.2 Å². The highest BCUT2D eigenvalue weighted by Gasteiger charge is 2.28. The number of ether oxygens (including phenoxy) is 1. The van der Waals surface area contributed by atoms with Gasteiger partial charge in [-0.15, -0.1) is 0 Å². The Bertz CT molecular complexity index is 821. The number of esters is 1. The minimum absolute atomic E-state index is 0.218. The summed E-state index contributed by atoms with van der Waals surface area (Å²) in [4.78, 5) is 24.2. The van der Waals surface area contributed by atoms with Gasteiger partial charge in [-0.2, -0.15) is 5.10 Å². The third-order valence-electron chi connectivity index (χ3n) is 4.11. The van der Waals surface area contributed by atoms with E-state index in [1.807, 2.05) is 13.0 Å². The van der Waals surface area contributed by atoms with Crippen molar-refractivity contribution in [1.82, 2.24) is 5.43 Å². The van der Waals surface area contributed by atoms with Crippen LogP contribution in [0.15, 0.2) is 39.9 Å². The predicted octanol–water partition coefficient (Wildman–Crippen LogP) is 3.24. The van der Waals surface area contributed by atoms with Crippen LogP contribution in [0.25, 0.3) is 0 Å². The van der Waals surface area contributed by atoms with E-state index in [0.717, 1.165) is 29.9 Å². The van der Waals surface area contributed by atoms with Crippen molar-refractivity contribution in [1.29, 1.82) is 0 Å². The number of hydrogen-bond donors (Lipinski definition) is 1. The molecule has 0 aliphatic heterocycles. The summed E-state index contributed by atoms with van der Waals surface area (Å²) in [5.41, 5.74) is 5.37. The molecule has 3 rings (SSSR count).